The molecule has 1 N–H and O–H groups in total. The van der Waals surface area contributed by atoms with Crippen molar-refractivity contribution >= 4 is 28.8 Å². The first-order valence-corrected chi connectivity index (χ1v) is 13.2. The van der Waals surface area contributed by atoms with Crippen LogP contribution in [-0.2, 0) is 4.79 Å². The van der Waals surface area contributed by atoms with Gasteiger partial charge in [-0.3, -0.25) is 19.3 Å². The van der Waals surface area contributed by atoms with E-state index in [1.54, 1.807) is 24.3 Å². The van der Waals surface area contributed by atoms with Crippen LogP contribution >= 0.6 is 0 Å². The van der Waals surface area contributed by atoms with Crippen molar-refractivity contribution in [1.82, 2.24) is 19.8 Å². The number of hydrogen-bond acceptors (Lipinski definition) is 4. The molecule has 3 aromatic rings. The lowest BCUT2D eigenvalue weighted by Crippen LogP contribution is -2.47. The van der Waals surface area contributed by atoms with E-state index in [1.165, 1.54) is 10.5 Å². The average molecular weight is 485 g/mol. The van der Waals surface area contributed by atoms with Crippen molar-refractivity contribution in [3.63, 3.8) is 0 Å². The number of H-pyrrole nitrogens is 1. The minimum Gasteiger partial charge on any atom is -0.342 e. The Kier molecular flexibility index (Phi) is 5.86. The van der Waals surface area contributed by atoms with E-state index >= 15 is 0 Å². The van der Waals surface area contributed by atoms with Crippen molar-refractivity contribution < 1.29 is 14.4 Å². The standard InChI is InChI=1S/C29H32N4O3/c1-18-10-11-24-25(16-18)31-26(30-24)19-12-14-32(15-13-19)27(34)21-7-3-2-6-20(21)17-33-28(35)22-8-4-5-9-23(22)29(33)36/h4-5,8-11,16,19-21H,2-3,6-7,12-15,17H2,1H3,(H,30,31). The second-order valence-corrected chi connectivity index (χ2v) is 10.7. The van der Waals surface area contributed by atoms with Gasteiger partial charge in [0.05, 0.1) is 22.2 Å². The summed E-state index contributed by atoms with van der Waals surface area (Å²) in [6.07, 6.45) is 5.53. The summed E-state index contributed by atoms with van der Waals surface area (Å²) >= 11 is 0. The lowest BCUT2D eigenvalue weighted by Gasteiger charge is -2.38. The number of amides is 3. The number of piperidine rings is 1. The number of aryl methyl sites for hydroxylation is 1. The van der Waals surface area contributed by atoms with Crippen LogP contribution in [0.1, 0.15) is 76.5 Å². The van der Waals surface area contributed by atoms with Gasteiger partial charge in [-0.15, -0.1) is 0 Å². The predicted molar refractivity (Wildman–Crippen MR) is 137 cm³/mol. The molecular weight excluding hydrogens is 452 g/mol. The molecular formula is C29H32N4O3. The maximum Gasteiger partial charge on any atom is 0.261 e. The summed E-state index contributed by atoms with van der Waals surface area (Å²) in [7, 11) is 0. The number of aromatic nitrogens is 2. The summed E-state index contributed by atoms with van der Waals surface area (Å²) in [4.78, 5) is 51.2. The summed E-state index contributed by atoms with van der Waals surface area (Å²) in [5, 5.41) is 0. The van der Waals surface area contributed by atoms with Crippen molar-refractivity contribution in [2.75, 3.05) is 19.6 Å². The number of carbonyl (C=O) groups excluding carboxylic acids is 3. The van der Waals surface area contributed by atoms with E-state index in [0.29, 0.717) is 23.6 Å². The van der Waals surface area contributed by atoms with Gasteiger partial charge in [-0.1, -0.05) is 31.0 Å². The highest BCUT2D eigenvalue weighted by molar-refractivity contribution is 6.21. The molecule has 1 saturated heterocycles. The number of imidazole rings is 1. The fourth-order valence-corrected chi connectivity index (χ4v) is 6.34. The molecule has 3 amide bonds. The van der Waals surface area contributed by atoms with Gasteiger partial charge in [-0.25, -0.2) is 4.98 Å². The third kappa shape index (κ3) is 4.00. The molecule has 2 unspecified atom stereocenters. The molecule has 0 bridgehead atoms. The van der Waals surface area contributed by atoms with Crippen molar-refractivity contribution in [3.05, 3.63) is 65.0 Å². The van der Waals surface area contributed by atoms with Crippen molar-refractivity contribution in [3.8, 4) is 0 Å². The van der Waals surface area contributed by atoms with Crippen LogP contribution in [0.3, 0.4) is 0 Å². The highest BCUT2D eigenvalue weighted by Gasteiger charge is 2.41. The van der Waals surface area contributed by atoms with Crippen LogP contribution in [0.15, 0.2) is 42.5 Å². The number of carbonyl (C=O) groups is 3. The fourth-order valence-electron chi connectivity index (χ4n) is 6.34. The van der Waals surface area contributed by atoms with Crippen LogP contribution in [0, 0.1) is 18.8 Å². The zero-order chi connectivity index (χ0) is 24.8. The Morgan fingerprint density at radius 2 is 1.67 bits per heavy atom. The third-order valence-corrected chi connectivity index (χ3v) is 8.37. The lowest BCUT2D eigenvalue weighted by molar-refractivity contribution is -0.139. The Balaban J connectivity index is 1.12. The molecule has 186 valence electrons. The van der Waals surface area contributed by atoms with E-state index in [0.717, 1.165) is 68.5 Å². The van der Waals surface area contributed by atoms with Crippen LogP contribution in [0.5, 0.6) is 0 Å². The molecule has 2 aromatic carbocycles. The van der Waals surface area contributed by atoms with Gasteiger partial charge in [0.15, 0.2) is 0 Å². The van der Waals surface area contributed by atoms with Crippen molar-refractivity contribution in [2.45, 2.75) is 51.4 Å². The van der Waals surface area contributed by atoms with E-state index < -0.39 is 0 Å². The molecule has 0 radical (unpaired) electrons. The van der Waals surface area contributed by atoms with Crippen molar-refractivity contribution in [2.24, 2.45) is 11.8 Å². The number of imide groups is 1. The Morgan fingerprint density at radius 3 is 2.39 bits per heavy atom. The minimum absolute atomic E-state index is 0.0183. The van der Waals surface area contributed by atoms with E-state index in [2.05, 4.69) is 30.1 Å². The molecule has 2 aliphatic heterocycles. The molecule has 3 heterocycles. The van der Waals surface area contributed by atoms with Crippen LogP contribution in [-0.4, -0.2) is 57.1 Å². The SMILES string of the molecule is Cc1ccc2nc(C3CCN(C(=O)C4CCCCC4CN4C(=O)c5ccccc5C4=O)CC3)[nH]c2c1. The molecule has 0 spiro atoms. The molecule has 3 aliphatic rings. The molecule has 1 aromatic heterocycles. The Morgan fingerprint density at radius 1 is 0.972 bits per heavy atom. The van der Waals surface area contributed by atoms with E-state index in [4.69, 9.17) is 4.98 Å². The highest BCUT2D eigenvalue weighted by Crippen LogP contribution is 2.36. The van der Waals surface area contributed by atoms with Gasteiger partial charge < -0.3 is 9.88 Å². The summed E-state index contributed by atoms with van der Waals surface area (Å²) in [5.74, 6) is 0.961. The van der Waals surface area contributed by atoms with Crippen molar-refractivity contribution in [1.29, 1.82) is 0 Å². The van der Waals surface area contributed by atoms with Crippen LogP contribution in [0.2, 0.25) is 0 Å². The van der Waals surface area contributed by atoms with E-state index in [9.17, 15) is 14.4 Å². The monoisotopic (exact) mass is 484 g/mol. The van der Waals surface area contributed by atoms with Gasteiger partial charge >= 0.3 is 0 Å². The molecule has 36 heavy (non-hydrogen) atoms. The number of nitrogens with zero attached hydrogens (tertiary/aromatic N) is 3. The fraction of sp³-hybridized carbons (Fsp3) is 0.448. The zero-order valence-corrected chi connectivity index (χ0v) is 20.7. The average Bonchev–Trinajstić information content (AvgIpc) is 3.43. The molecule has 2 atom stereocenters. The smallest absolute Gasteiger partial charge is 0.261 e. The molecule has 2 fully saturated rings. The summed E-state index contributed by atoms with van der Waals surface area (Å²) in [5.41, 5.74) is 4.23. The number of likely N-dealkylation sites (tertiary alicyclic amines) is 1. The lowest BCUT2D eigenvalue weighted by atomic mass is 9.77. The Bertz CT molecular complexity index is 1300. The Labute approximate surface area is 210 Å². The number of benzene rings is 2. The van der Waals surface area contributed by atoms with E-state index in [1.807, 2.05) is 4.90 Å². The summed E-state index contributed by atoms with van der Waals surface area (Å²) in [6, 6.07) is 13.3. The zero-order valence-electron chi connectivity index (χ0n) is 20.7. The van der Waals surface area contributed by atoms with Gasteiger partial charge in [-0.05, 0) is 68.4 Å². The molecule has 7 nitrogen and oxygen atoms in total. The molecule has 1 saturated carbocycles. The minimum atomic E-state index is -0.228. The predicted octanol–water partition coefficient (Wildman–Crippen LogP) is 4.68. The van der Waals surface area contributed by atoms with Crippen LogP contribution < -0.4 is 0 Å². The second-order valence-electron chi connectivity index (χ2n) is 10.7. The molecule has 7 heteroatoms. The highest BCUT2D eigenvalue weighted by atomic mass is 16.2. The topological polar surface area (TPSA) is 86.4 Å². The number of hydrogen-bond donors (Lipinski definition) is 1. The summed E-state index contributed by atoms with van der Waals surface area (Å²) < 4.78 is 0. The Hall–Kier alpha value is -3.48. The molecule has 1 aliphatic carbocycles. The first kappa shape index (κ1) is 23.0. The van der Waals surface area contributed by atoms with Gasteiger partial charge in [0.25, 0.3) is 11.8 Å². The largest absolute Gasteiger partial charge is 0.342 e. The second kappa shape index (κ2) is 9.19. The first-order chi connectivity index (χ1) is 17.5. The number of fused-ring (bicyclic) bond motifs is 2. The first-order valence-electron chi connectivity index (χ1n) is 13.2. The van der Waals surface area contributed by atoms with Crippen LogP contribution in [0.4, 0.5) is 0 Å². The summed E-state index contributed by atoms with van der Waals surface area (Å²) in [6.45, 7) is 3.85. The number of rotatable bonds is 4. The maximum atomic E-state index is 13.7. The number of nitrogens with one attached hydrogen (secondary N) is 1. The third-order valence-electron chi connectivity index (χ3n) is 8.37. The van der Waals surface area contributed by atoms with Gasteiger partial charge in [-0.2, -0.15) is 0 Å². The quantitative estimate of drug-likeness (QED) is 0.545. The van der Waals surface area contributed by atoms with Crippen LogP contribution in [0.25, 0.3) is 11.0 Å². The maximum absolute atomic E-state index is 13.7. The van der Waals surface area contributed by atoms with Gasteiger partial charge in [0, 0.05) is 31.5 Å². The number of aromatic amines is 1. The van der Waals surface area contributed by atoms with Gasteiger partial charge in [0.1, 0.15) is 5.82 Å². The normalized spacial score (nSPS) is 22.9. The molecule has 6 rings (SSSR count). The van der Waals surface area contributed by atoms with Gasteiger partial charge in [0.2, 0.25) is 5.91 Å². The van der Waals surface area contributed by atoms with E-state index in [-0.39, 0.29) is 29.6 Å².